The Labute approximate surface area is 139 Å². The van der Waals surface area contributed by atoms with E-state index >= 15 is 0 Å². The van der Waals surface area contributed by atoms with Crippen molar-refractivity contribution in [3.8, 4) is 5.75 Å². The third kappa shape index (κ3) is 3.96. The largest absolute Gasteiger partial charge is 0.513 e. The van der Waals surface area contributed by atoms with E-state index in [0.29, 0.717) is 0 Å². The lowest BCUT2D eigenvalue weighted by molar-refractivity contribution is -0.386. The molecular formula is C16H23NO5. The summed E-state index contributed by atoms with van der Waals surface area (Å²) in [6, 6.07) is 1.98. The highest BCUT2D eigenvalue weighted by atomic mass is 16.7. The van der Waals surface area contributed by atoms with Gasteiger partial charge in [-0.05, 0) is 16.9 Å². The maximum Gasteiger partial charge on any atom is 0.513 e. The maximum atomic E-state index is 11.6. The molecule has 0 saturated carbocycles. The lowest BCUT2D eigenvalue weighted by Gasteiger charge is -2.26. The van der Waals surface area contributed by atoms with Gasteiger partial charge in [-0.15, -0.1) is 0 Å². The van der Waals surface area contributed by atoms with Crippen molar-refractivity contribution in [2.45, 2.75) is 52.2 Å². The van der Waals surface area contributed by atoms with Crippen LogP contribution in [-0.2, 0) is 15.6 Å². The van der Waals surface area contributed by atoms with E-state index in [4.69, 9.17) is 13.0 Å². The van der Waals surface area contributed by atoms with Gasteiger partial charge in [0.25, 0.3) is 5.69 Å². The molecule has 0 radical (unpaired) electrons. The number of carbonyl (C=O) groups is 1. The smallest absolute Gasteiger partial charge is 0.437 e. The molecule has 0 bridgehead atoms. The predicted molar refractivity (Wildman–Crippen MR) is 83.5 cm³/mol. The van der Waals surface area contributed by atoms with Gasteiger partial charge in [-0.1, -0.05) is 41.4 Å². The number of carbonyl (C=O) groups excluding carboxylic acids is 1. The highest BCUT2D eigenvalue weighted by Gasteiger charge is 2.31. The number of rotatable bonds is 2. The van der Waals surface area contributed by atoms with Gasteiger partial charge in [-0.2, -0.15) is 0 Å². The van der Waals surface area contributed by atoms with Crippen molar-refractivity contribution in [2.75, 3.05) is 7.11 Å². The first kappa shape index (κ1) is 10.6. The molecule has 0 aliphatic carbocycles. The van der Waals surface area contributed by atoms with Crippen LogP contribution in [0.15, 0.2) is 12.1 Å². The summed E-state index contributed by atoms with van der Waals surface area (Å²) < 4.78 is 56.3. The molecule has 0 aliphatic rings. The Bertz CT molecular complexity index is 765. The third-order valence-corrected chi connectivity index (χ3v) is 3.00. The van der Waals surface area contributed by atoms with Crippen molar-refractivity contribution in [1.82, 2.24) is 0 Å². The first-order valence-corrected chi connectivity index (χ1v) is 6.47. The zero-order chi connectivity index (χ0) is 22.3. The second-order valence-corrected chi connectivity index (χ2v) is 6.05. The Morgan fingerprint density at radius 1 is 1.18 bits per heavy atom. The third-order valence-electron chi connectivity index (χ3n) is 3.00. The quantitative estimate of drug-likeness (QED) is 0.351. The molecule has 0 heterocycles. The number of benzene rings is 1. The van der Waals surface area contributed by atoms with Gasteiger partial charge in [-0.25, -0.2) is 4.79 Å². The van der Waals surface area contributed by atoms with E-state index in [0.717, 1.165) is 26.2 Å². The molecule has 1 rings (SSSR count). The average molecular weight is 315 g/mol. The first-order valence-electron chi connectivity index (χ1n) is 9.47. The number of nitrogens with zero attached hydrogens (tertiary/aromatic N) is 1. The van der Waals surface area contributed by atoms with Crippen LogP contribution in [0.5, 0.6) is 5.75 Å². The van der Waals surface area contributed by atoms with E-state index in [1.54, 1.807) is 20.8 Å². The Hall–Kier alpha value is -2.11. The molecule has 1 aromatic carbocycles. The minimum Gasteiger partial charge on any atom is -0.437 e. The van der Waals surface area contributed by atoms with Gasteiger partial charge in [0.1, 0.15) is 5.75 Å². The minimum absolute atomic E-state index is 0.101. The molecule has 0 amide bonds. The second kappa shape index (κ2) is 5.94. The summed E-state index contributed by atoms with van der Waals surface area (Å²) in [5.74, 6) is -0.554. The highest BCUT2D eigenvalue weighted by Crippen LogP contribution is 2.41. The number of methoxy groups -OCH3 is 1. The molecule has 122 valence electrons. The van der Waals surface area contributed by atoms with Crippen molar-refractivity contribution >= 4 is 11.8 Å². The van der Waals surface area contributed by atoms with Gasteiger partial charge >= 0.3 is 6.16 Å². The van der Waals surface area contributed by atoms with Crippen molar-refractivity contribution in [2.24, 2.45) is 0 Å². The molecule has 0 aliphatic heterocycles. The number of hydrogen-bond acceptors (Lipinski definition) is 5. The van der Waals surface area contributed by atoms with Crippen LogP contribution < -0.4 is 4.74 Å². The Morgan fingerprint density at radius 3 is 2.18 bits per heavy atom. The molecule has 6 nitrogen and oxygen atoms in total. The summed E-state index contributed by atoms with van der Waals surface area (Å²) in [7, 11) is 0.993. The molecule has 22 heavy (non-hydrogen) atoms. The molecule has 0 aromatic heterocycles. The van der Waals surface area contributed by atoms with Crippen LogP contribution in [0.2, 0.25) is 0 Å². The summed E-state index contributed by atoms with van der Waals surface area (Å²) in [5.41, 5.74) is -4.00. The van der Waals surface area contributed by atoms with Crippen LogP contribution in [0.4, 0.5) is 10.5 Å². The van der Waals surface area contributed by atoms with Crippen LogP contribution in [0, 0.1) is 10.1 Å². The summed E-state index contributed by atoms with van der Waals surface area (Å²) in [4.78, 5) is 22.5. The molecule has 0 fully saturated rings. The van der Waals surface area contributed by atoms with Gasteiger partial charge in [-0.3, -0.25) is 10.1 Å². The summed E-state index contributed by atoms with van der Waals surface area (Å²) in [6.45, 7) is -0.133. The van der Waals surface area contributed by atoms with E-state index in [1.807, 2.05) is 0 Å². The van der Waals surface area contributed by atoms with E-state index in [2.05, 4.69) is 4.74 Å². The topological polar surface area (TPSA) is 78.7 Å². The van der Waals surface area contributed by atoms with Crippen LogP contribution in [0.25, 0.3) is 0 Å². The van der Waals surface area contributed by atoms with Crippen molar-refractivity contribution in [1.29, 1.82) is 0 Å². The van der Waals surface area contributed by atoms with E-state index in [-0.39, 0.29) is 11.1 Å². The Balaban J connectivity index is 4.08. The summed E-state index contributed by atoms with van der Waals surface area (Å²) in [5, 5.41) is 11.5. The highest BCUT2D eigenvalue weighted by molar-refractivity contribution is 5.66. The SMILES string of the molecule is [2H]C([2H])([2H])C(C)(c1cc(C(C)(C)C)c([N+](=O)[O-])cc1OC(=O)OC)C([2H])([2H])[2H]. The number of nitro benzene ring substituents is 1. The normalized spacial score (nSPS) is 17.1. The molecule has 6 heteroatoms. The van der Waals surface area contributed by atoms with Crippen LogP contribution >= 0.6 is 0 Å². The lowest BCUT2D eigenvalue weighted by atomic mass is 9.79. The molecule has 0 N–H and O–H groups in total. The monoisotopic (exact) mass is 315 g/mol. The van der Waals surface area contributed by atoms with Gasteiger partial charge < -0.3 is 9.47 Å². The summed E-state index contributed by atoms with van der Waals surface area (Å²) >= 11 is 0. The zero-order valence-corrected chi connectivity index (χ0v) is 13.1. The fraction of sp³-hybridized carbons (Fsp3) is 0.562. The van der Waals surface area contributed by atoms with Crippen molar-refractivity contribution in [3.05, 3.63) is 33.4 Å². The zero-order valence-electron chi connectivity index (χ0n) is 19.1. The van der Waals surface area contributed by atoms with Gasteiger partial charge in [0.05, 0.1) is 18.1 Å². The van der Waals surface area contributed by atoms with Gasteiger partial charge in [0.15, 0.2) is 0 Å². The second-order valence-electron chi connectivity index (χ2n) is 6.05. The first-order chi connectivity index (χ1) is 12.4. The fourth-order valence-corrected chi connectivity index (χ4v) is 1.93. The fourth-order valence-electron chi connectivity index (χ4n) is 1.93. The lowest BCUT2D eigenvalue weighted by Crippen LogP contribution is -2.20. The standard InChI is InChI=1S/C16H23NO5/c1-15(2,3)10-8-11(16(4,5)6)13(22-14(18)21-7)9-12(10)17(19)20/h8-9H,1-7H3/i4D3,5D3. The maximum absolute atomic E-state index is 11.6. The van der Waals surface area contributed by atoms with Gasteiger partial charge in [0, 0.05) is 19.4 Å². The molecule has 0 spiro atoms. The van der Waals surface area contributed by atoms with E-state index < -0.39 is 47.0 Å². The molecule has 0 saturated heterocycles. The van der Waals surface area contributed by atoms with E-state index in [1.165, 1.54) is 0 Å². The molecule has 1 aromatic rings. The summed E-state index contributed by atoms with van der Waals surface area (Å²) in [6.07, 6.45) is -1.27. The van der Waals surface area contributed by atoms with Crippen LogP contribution in [0.1, 0.15) is 60.8 Å². The Kier molecular flexibility index (Phi) is 2.86. The number of hydrogen-bond donors (Lipinski definition) is 0. The average Bonchev–Trinajstić information content (AvgIpc) is 2.50. The molecule has 0 atom stereocenters. The van der Waals surface area contributed by atoms with Crippen LogP contribution in [0.3, 0.4) is 0 Å². The molecular weight excluding hydrogens is 286 g/mol. The minimum atomic E-state index is -3.04. The predicted octanol–water partition coefficient (Wildman–Crippen LogP) is 4.34. The number of nitro groups is 1. The van der Waals surface area contributed by atoms with Crippen LogP contribution in [-0.4, -0.2) is 18.2 Å². The number of ether oxygens (including phenoxy) is 2. The van der Waals surface area contributed by atoms with Crippen molar-refractivity contribution < 1.29 is 27.4 Å². The van der Waals surface area contributed by atoms with Crippen molar-refractivity contribution in [3.63, 3.8) is 0 Å². The van der Waals surface area contributed by atoms with Gasteiger partial charge in [0.2, 0.25) is 0 Å². The molecule has 0 unspecified atom stereocenters. The van der Waals surface area contributed by atoms with E-state index in [9.17, 15) is 14.9 Å². The Morgan fingerprint density at radius 2 is 1.77 bits per heavy atom.